The number of benzene rings is 2. The van der Waals surface area contributed by atoms with Gasteiger partial charge in [-0.05, 0) is 30.2 Å². The van der Waals surface area contributed by atoms with Crippen molar-refractivity contribution in [3.8, 4) is 27.6 Å². The van der Waals surface area contributed by atoms with Crippen molar-refractivity contribution in [2.45, 2.75) is 13.0 Å². The van der Waals surface area contributed by atoms with Gasteiger partial charge in [-0.2, -0.15) is 5.26 Å². The zero-order chi connectivity index (χ0) is 27.1. The fourth-order valence-corrected chi connectivity index (χ4v) is 6.63. The fourth-order valence-electron chi connectivity index (χ4n) is 5.84. The van der Waals surface area contributed by atoms with E-state index in [-0.39, 0.29) is 11.3 Å². The van der Waals surface area contributed by atoms with Gasteiger partial charge in [0, 0.05) is 55.2 Å². The molecular formula is C30H26FN5O2S. The minimum atomic E-state index is -0.392. The third-order valence-electron chi connectivity index (χ3n) is 7.68. The summed E-state index contributed by atoms with van der Waals surface area (Å²) in [5.41, 5.74) is 5.47. The molecule has 0 bridgehead atoms. The van der Waals surface area contributed by atoms with E-state index < -0.39 is 5.82 Å². The number of thiazole rings is 1. The molecule has 2 aliphatic heterocycles. The van der Waals surface area contributed by atoms with E-state index in [1.807, 2.05) is 18.2 Å². The van der Waals surface area contributed by atoms with Gasteiger partial charge in [0.2, 0.25) is 5.91 Å². The lowest BCUT2D eigenvalue weighted by atomic mass is 9.79. The van der Waals surface area contributed by atoms with Crippen molar-refractivity contribution < 1.29 is 13.9 Å². The molecule has 7 nitrogen and oxygen atoms in total. The summed E-state index contributed by atoms with van der Waals surface area (Å²) in [6.07, 6.45) is 2.23. The topological polar surface area (TPSA) is 82.3 Å². The van der Waals surface area contributed by atoms with Crippen molar-refractivity contribution in [1.82, 2.24) is 14.9 Å². The first kappa shape index (κ1) is 25.2. The number of carbonyl (C=O) groups excluding carboxylic acids is 1. The van der Waals surface area contributed by atoms with Gasteiger partial charge in [-0.3, -0.25) is 4.79 Å². The number of likely N-dealkylation sites (tertiary alicyclic amines) is 1. The third kappa shape index (κ3) is 4.26. The molecule has 196 valence electrons. The number of nitrogens with zero attached hydrogens (tertiary/aromatic N) is 5. The molecule has 0 radical (unpaired) electrons. The second-order valence-corrected chi connectivity index (χ2v) is 11.0. The third-order valence-corrected chi connectivity index (χ3v) is 8.60. The first-order valence-electron chi connectivity index (χ1n) is 12.7. The molecule has 39 heavy (non-hydrogen) atoms. The van der Waals surface area contributed by atoms with E-state index >= 15 is 4.39 Å². The van der Waals surface area contributed by atoms with Gasteiger partial charge in [0.1, 0.15) is 23.3 Å². The first-order valence-corrected chi connectivity index (χ1v) is 13.6. The largest absolute Gasteiger partial charge is 0.378 e. The lowest BCUT2D eigenvalue weighted by Gasteiger charge is -2.47. The van der Waals surface area contributed by atoms with Crippen LogP contribution in [0.25, 0.3) is 32.5 Å². The second kappa shape index (κ2) is 9.88. The van der Waals surface area contributed by atoms with Crippen LogP contribution < -0.4 is 4.90 Å². The molecule has 0 N–H and O–H groups in total. The highest BCUT2D eigenvalue weighted by atomic mass is 32.1. The van der Waals surface area contributed by atoms with E-state index in [2.05, 4.69) is 22.5 Å². The molecule has 4 aromatic rings. The highest BCUT2D eigenvalue weighted by molar-refractivity contribution is 7.13. The molecule has 1 amide bonds. The van der Waals surface area contributed by atoms with Crippen LogP contribution in [0.3, 0.4) is 0 Å². The van der Waals surface area contributed by atoms with Gasteiger partial charge < -0.3 is 14.5 Å². The van der Waals surface area contributed by atoms with Gasteiger partial charge in [-0.25, -0.2) is 14.4 Å². The summed E-state index contributed by atoms with van der Waals surface area (Å²) < 4.78 is 20.5. The van der Waals surface area contributed by atoms with Crippen molar-refractivity contribution >= 4 is 34.0 Å². The summed E-state index contributed by atoms with van der Waals surface area (Å²) in [4.78, 5) is 26.4. The standard InChI is InChI=1S/C30H26FN5O2S/c1-3-26(37)36-16-30(17-36)10-11-35(15-30)29-22(13-32)27(20-6-4-5-7-23(20)31)21-9-8-19(12-24(21)34-29)28-25(14-38-2)33-18-39-28/h3-9,12,18H,1,10-11,14-17H2,2H3. The number of nitriles is 1. The quantitative estimate of drug-likeness (QED) is 0.305. The van der Waals surface area contributed by atoms with Gasteiger partial charge in [0.15, 0.2) is 0 Å². The van der Waals surface area contributed by atoms with Gasteiger partial charge in [0.05, 0.1) is 28.2 Å². The molecule has 0 atom stereocenters. The monoisotopic (exact) mass is 539 g/mol. The Bertz CT molecular complexity index is 1650. The molecule has 2 aromatic heterocycles. The number of halogens is 1. The number of aromatic nitrogens is 2. The fraction of sp³-hybridized carbons (Fsp3) is 0.267. The van der Waals surface area contributed by atoms with Crippen molar-refractivity contribution in [3.05, 3.63) is 77.7 Å². The Kier molecular flexibility index (Phi) is 6.37. The SMILES string of the molecule is C=CC(=O)N1CC2(CCN(c3nc4cc(-c5scnc5COC)ccc4c(-c4ccccc4F)c3C#N)C2)C1. The van der Waals surface area contributed by atoms with Crippen LogP contribution in [0.15, 0.2) is 60.6 Å². The Labute approximate surface area is 229 Å². The number of hydrogen-bond acceptors (Lipinski definition) is 7. The van der Waals surface area contributed by atoms with Crippen molar-refractivity contribution in [2.24, 2.45) is 5.41 Å². The molecule has 0 aliphatic carbocycles. The molecule has 2 aromatic carbocycles. The number of amides is 1. The maximum absolute atomic E-state index is 15.2. The summed E-state index contributed by atoms with van der Waals surface area (Å²) in [5, 5.41) is 11.1. The molecule has 6 rings (SSSR count). The zero-order valence-electron chi connectivity index (χ0n) is 21.5. The smallest absolute Gasteiger partial charge is 0.245 e. The van der Waals surface area contributed by atoms with Crippen LogP contribution in [0.1, 0.15) is 17.7 Å². The summed E-state index contributed by atoms with van der Waals surface area (Å²) in [7, 11) is 1.64. The van der Waals surface area contributed by atoms with Crippen molar-refractivity contribution in [2.75, 3.05) is 38.2 Å². The number of fused-ring (bicyclic) bond motifs is 1. The molecule has 4 heterocycles. The molecule has 2 saturated heterocycles. The summed E-state index contributed by atoms with van der Waals surface area (Å²) >= 11 is 1.53. The highest BCUT2D eigenvalue weighted by Gasteiger charge is 2.49. The minimum absolute atomic E-state index is 0.0419. The van der Waals surface area contributed by atoms with E-state index in [0.29, 0.717) is 66.2 Å². The summed E-state index contributed by atoms with van der Waals surface area (Å²) in [6.45, 7) is 6.67. The predicted molar refractivity (Wildman–Crippen MR) is 150 cm³/mol. The number of carbonyl (C=O) groups is 1. The highest BCUT2D eigenvalue weighted by Crippen LogP contribution is 2.44. The zero-order valence-corrected chi connectivity index (χ0v) is 22.3. The maximum atomic E-state index is 15.2. The van der Waals surface area contributed by atoms with Gasteiger partial charge in [0.25, 0.3) is 0 Å². The Morgan fingerprint density at radius 1 is 1.28 bits per heavy atom. The Balaban J connectivity index is 1.49. The van der Waals surface area contributed by atoms with Crippen LogP contribution in [-0.4, -0.2) is 54.1 Å². The van der Waals surface area contributed by atoms with Crippen LogP contribution in [0.2, 0.25) is 0 Å². The molecule has 9 heteroatoms. The van der Waals surface area contributed by atoms with Crippen LogP contribution in [0.5, 0.6) is 0 Å². The van der Waals surface area contributed by atoms with Gasteiger partial charge >= 0.3 is 0 Å². The number of pyridine rings is 1. The van der Waals surface area contributed by atoms with E-state index in [0.717, 1.165) is 22.6 Å². The van der Waals surface area contributed by atoms with Crippen LogP contribution in [-0.2, 0) is 16.1 Å². The average Bonchev–Trinajstić information content (AvgIpc) is 3.59. The average molecular weight is 540 g/mol. The number of methoxy groups -OCH3 is 1. The summed E-state index contributed by atoms with van der Waals surface area (Å²) in [6, 6.07) is 14.8. The molecule has 1 spiro atoms. The molecule has 2 fully saturated rings. The van der Waals surface area contributed by atoms with Gasteiger partial charge in [-0.15, -0.1) is 11.3 Å². The number of anilines is 1. The second-order valence-electron chi connectivity index (χ2n) is 10.1. The van der Waals surface area contributed by atoms with Crippen LogP contribution in [0.4, 0.5) is 10.2 Å². The lowest BCUT2D eigenvalue weighted by Crippen LogP contribution is -2.59. The van der Waals surface area contributed by atoms with Crippen molar-refractivity contribution in [1.29, 1.82) is 5.26 Å². The molecule has 0 unspecified atom stereocenters. The molecular weight excluding hydrogens is 513 g/mol. The van der Waals surface area contributed by atoms with E-state index in [9.17, 15) is 10.1 Å². The first-order chi connectivity index (χ1) is 19.0. The van der Waals surface area contributed by atoms with E-state index in [4.69, 9.17) is 9.72 Å². The van der Waals surface area contributed by atoms with Crippen LogP contribution in [0, 0.1) is 22.6 Å². The summed E-state index contributed by atoms with van der Waals surface area (Å²) in [5.74, 6) is 0.0925. The Morgan fingerprint density at radius 3 is 2.85 bits per heavy atom. The van der Waals surface area contributed by atoms with E-state index in [1.54, 1.807) is 35.7 Å². The Morgan fingerprint density at radius 2 is 2.10 bits per heavy atom. The van der Waals surface area contributed by atoms with E-state index in [1.165, 1.54) is 23.5 Å². The number of rotatable bonds is 6. The minimum Gasteiger partial charge on any atom is -0.378 e. The molecule has 0 saturated carbocycles. The normalized spacial score (nSPS) is 15.9. The maximum Gasteiger partial charge on any atom is 0.245 e. The lowest BCUT2D eigenvalue weighted by molar-refractivity contribution is -0.136. The van der Waals surface area contributed by atoms with Gasteiger partial charge in [-0.1, -0.05) is 36.9 Å². The van der Waals surface area contributed by atoms with Crippen LogP contribution >= 0.6 is 11.3 Å². The number of hydrogen-bond donors (Lipinski definition) is 0. The Hall–Kier alpha value is -4.13. The number of ether oxygens (including phenoxy) is 1. The molecule has 2 aliphatic rings. The van der Waals surface area contributed by atoms with Crippen molar-refractivity contribution in [3.63, 3.8) is 0 Å². The predicted octanol–water partition coefficient (Wildman–Crippen LogP) is 5.41.